The van der Waals surface area contributed by atoms with Gasteiger partial charge in [0.15, 0.2) is 0 Å². The maximum absolute atomic E-state index is 10.1. The molecule has 1 N–H and O–H groups in total. The summed E-state index contributed by atoms with van der Waals surface area (Å²) in [6.45, 7) is 4.65. The highest BCUT2D eigenvalue weighted by molar-refractivity contribution is 5.95. The van der Waals surface area contributed by atoms with Crippen molar-refractivity contribution in [3.8, 4) is 17.4 Å². The van der Waals surface area contributed by atoms with Gasteiger partial charge in [-0.15, -0.1) is 0 Å². The van der Waals surface area contributed by atoms with Crippen molar-refractivity contribution in [1.29, 1.82) is 0 Å². The van der Waals surface area contributed by atoms with E-state index in [-0.39, 0.29) is 17.9 Å². The second-order valence-electron chi connectivity index (χ2n) is 9.05. The Labute approximate surface area is 176 Å². The quantitative estimate of drug-likeness (QED) is 0.597. The first kappa shape index (κ1) is 18.9. The molecule has 0 saturated heterocycles. The normalized spacial score (nSPS) is 22.7. The summed E-state index contributed by atoms with van der Waals surface area (Å²) in [5.74, 6) is 1.94. The fraction of sp³-hybridized carbons (Fsp3) is 0.360. The van der Waals surface area contributed by atoms with Gasteiger partial charge in [0.2, 0.25) is 11.8 Å². The number of pyridine rings is 1. The summed E-state index contributed by atoms with van der Waals surface area (Å²) in [5.41, 5.74) is 1.75. The van der Waals surface area contributed by atoms with E-state index in [1.165, 1.54) is 12.8 Å². The van der Waals surface area contributed by atoms with Crippen LogP contribution in [0.25, 0.3) is 10.9 Å². The molecule has 0 radical (unpaired) electrons. The molecular formula is C25H26N2O3. The number of aliphatic imine (C=N–C) groups is 1. The molecule has 5 nitrogen and oxygen atoms in total. The molecule has 0 amide bonds. The van der Waals surface area contributed by atoms with Gasteiger partial charge in [0.1, 0.15) is 23.1 Å². The molecule has 1 fully saturated rings. The Morgan fingerprint density at radius 1 is 1.10 bits per heavy atom. The van der Waals surface area contributed by atoms with Crippen LogP contribution in [0.5, 0.6) is 17.4 Å². The predicted molar refractivity (Wildman–Crippen MR) is 117 cm³/mol. The first-order chi connectivity index (χ1) is 14.5. The highest BCUT2D eigenvalue weighted by Gasteiger charge is 2.38. The molecule has 30 heavy (non-hydrogen) atoms. The number of para-hydroxylation sites is 1. The second kappa shape index (κ2) is 7.31. The monoisotopic (exact) mass is 402 g/mol. The van der Waals surface area contributed by atoms with Gasteiger partial charge in [0.25, 0.3) is 0 Å². The van der Waals surface area contributed by atoms with Gasteiger partial charge in [-0.2, -0.15) is 0 Å². The van der Waals surface area contributed by atoms with Crippen molar-refractivity contribution >= 4 is 16.8 Å². The number of hydrogen-bond acceptors (Lipinski definition) is 5. The molecule has 2 aliphatic rings. The van der Waals surface area contributed by atoms with Gasteiger partial charge in [-0.3, -0.25) is 0 Å². The lowest BCUT2D eigenvalue weighted by molar-refractivity contribution is 0.176. The third-order valence-electron chi connectivity index (χ3n) is 6.06. The number of fused-ring (bicyclic) bond motifs is 2. The van der Waals surface area contributed by atoms with Gasteiger partial charge >= 0.3 is 0 Å². The van der Waals surface area contributed by atoms with E-state index in [1.54, 1.807) is 18.2 Å². The van der Waals surface area contributed by atoms with E-state index >= 15 is 0 Å². The molecule has 0 bridgehead atoms. The minimum absolute atomic E-state index is 0.141. The van der Waals surface area contributed by atoms with E-state index in [1.807, 2.05) is 36.4 Å². The Kier molecular flexibility index (Phi) is 4.61. The molecule has 2 aromatic carbocycles. The van der Waals surface area contributed by atoms with Crippen LogP contribution < -0.4 is 4.74 Å². The number of benzene rings is 2. The summed E-state index contributed by atoms with van der Waals surface area (Å²) in [7, 11) is 0. The maximum atomic E-state index is 10.1. The largest absolute Gasteiger partial charge is 0.506 e. The summed E-state index contributed by atoms with van der Waals surface area (Å²) < 4.78 is 12.2. The average molecular weight is 402 g/mol. The highest BCUT2D eigenvalue weighted by atomic mass is 16.5. The Bertz CT molecular complexity index is 1120. The van der Waals surface area contributed by atoms with Crippen molar-refractivity contribution in [3.05, 3.63) is 60.2 Å². The number of hydrogen-bond donors (Lipinski definition) is 1. The molecule has 5 rings (SSSR count). The molecule has 1 saturated carbocycles. The van der Waals surface area contributed by atoms with E-state index in [0.717, 1.165) is 23.8 Å². The number of aromatic hydroxyl groups is 1. The van der Waals surface area contributed by atoms with Crippen molar-refractivity contribution < 1.29 is 14.6 Å². The molecule has 2 heterocycles. The standard InChI is InChI=1S/C25H26N2O3/c1-25(2)13-5-10-21-19(15-25)26-24(30-21)17-7-3-8-18(14-17)29-22-12-11-16-6-4-9-20(28)23(16)27-22/h3-4,6-9,11-12,14,19,21,28H,5,10,13,15H2,1-2H3/t19-,21-/m0/s1. The molecule has 2 atom stereocenters. The first-order valence-electron chi connectivity index (χ1n) is 10.6. The Balaban J connectivity index is 1.39. The fourth-order valence-electron chi connectivity index (χ4n) is 4.49. The molecular weight excluding hydrogens is 376 g/mol. The number of phenols is 1. The Hall–Kier alpha value is -3.08. The summed E-state index contributed by atoms with van der Waals surface area (Å²) >= 11 is 0. The van der Waals surface area contributed by atoms with Crippen LogP contribution in [0.4, 0.5) is 0 Å². The average Bonchev–Trinajstić information content (AvgIpc) is 3.04. The lowest BCUT2D eigenvalue weighted by atomic mass is 9.83. The zero-order valence-corrected chi connectivity index (χ0v) is 17.3. The molecule has 154 valence electrons. The first-order valence-corrected chi connectivity index (χ1v) is 10.6. The van der Waals surface area contributed by atoms with Gasteiger partial charge in [-0.05, 0) is 61.4 Å². The third kappa shape index (κ3) is 3.72. The third-order valence-corrected chi connectivity index (χ3v) is 6.06. The minimum atomic E-state index is 0.141. The highest BCUT2D eigenvalue weighted by Crippen LogP contribution is 2.39. The van der Waals surface area contributed by atoms with E-state index in [2.05, 4.69) is 18.8 Å². The van der Waals surface area contributed by atoms with E-state index < -0.39 is 0 Å². The van der Waals surface area contributed by atoms with E-state index in [9.17, 15) is 5.11 Å². The van der Waals surface area contributed by atoms with Gasteiger partial charge in [0.05, 0.1) is 6.04 Å². The molecule has 0 unspecified atom stereocenters. The van der Waals surface area contributed by atoms with Gasteiger partial charge in [0, 0.05) is 17.0 Å². The van der Waals surface area contributed by atoms with Crippen LogP contribution in [0.3, 0.4) is 0 Å². The Morgan fingerprint density at radius 3 is 2.87 bits per heavy atom. The van der Waals surface area contributed by atoms with Crippen LogP contribution in [-0.4, -0.2) is 28.1 Å². The summed E-state index contributed by atoms with van der Waals surface area (Å²) in [4.78, 5) is 9.38. The van der Waals surface area contributed by atoms with Crippen LogP contribution in [0.15, 0.2) is 59.6 Å². The van der Waals surface area contributed by atoms with Gasteiger partial charge < -0.3 is 14.6 Å². The zero-order chi connectivity index (χ0) is 20.7. The molecule has 1 aliphatic carbocycles. The summed E-state index contributed by atoms with van der Waals surface area (Å²) in [6.07, 6.45) is 4.70. The summed E-state index contributed by atoms with van der Waals surface area (Å²) in [5, 5.41) is 10.9. The smallest absolute Gasteiger partial charge is 0.219 e. The molecule has 0 spiro atoms. The predicted octanol–water partition coefficient (Wildman–Crippen LogP) is 5.85. The fourth-order valence-corrected chi connectivity index (χ4v) is 4.49. The van der Waals surface area contributed by atoms with Crippen molar-refractivity contribution in [3.63, 3.8) is 0 Å². The van der Waals surface area contributed by atoms with Crippen LogP contribution in [-0.2, 0) is 4.74 Å². The van der Waals surface area contributed by atoms with E-state index in [0.29, 0.717) is 28.5 Å². The van der Waals surface area contributed by atoms with Crippen LogP contribution >= 0.6 is 0 Å². The topological polar surface area (TPSA) is 63.9 Å². The van der Waals surface area contributed by atoms with Crippen LogP contribution in [0.1, 0.15) is 45.1 Å². The number of ether oxygens (including phenoxy) is 2. The number of nitrogens with zero attached hydrogens (tertiary/aromatic N) is 2. The van der Waals surface area contributed by atoms with Crippen LogP contribution in [0.2, 0.25) is 0 Å². The molecule has 1 aliphatic heterocycles. The number of rotatable bonds is 3. The SMILES string of the molecule is CC1(C)CCC[C@@H]2OC(c3cccc(Oc4ccc5cccc(O)c5n4)c3)=N[C@H]2C1. The molecule has 1 aromatic heterocycles. The molecule has 5 heteroatoms. The zero-order valence-electron chi connectivity index (χ0n) is 17.3. The molecule has 3 aromatic rings. The summed E-state index contributed by atoms with van der Waals surface area (Å²) in [6, 6.07) is 17.0. The maximum Gasteiger partial charge on any atom is 0.219 e. The van der Waals surface area contributed by atoms with Gasteiger partial charge in [-0.25, -0.2) is 9.98 Å². The number of phenolic OH excluding ortho intramolecular Hbond substituents is 1. The van der Waals surface area contributed by atoms with E-state index in [4.69, 9.17) is 14.5 Å². The Morgan fingerprint density at radius 2 is 1.97 bits per heavy atom. The van der Waals surface area contributed by atoms with Gasteiger partial charge in [-0.1, -0.05) is 32.0 Å². The lowest BCUT2D eigenvalue weighted by Gasteiger charge is -2.23. The van der Waals surface area contributed by atoms with Crippen molar-refractivity contribution in [2.24, 2.45) is 10.4 Å². The number of aromatic nitrogens is 1. The van der Waals surface area contributed by atoms with Crippen molar-refractivity contribution in [2.45, 2.75) is 51.7 Å². The lowest BCUT2D eigenvalue weighted by Crippen LogP contribution is -2.24. The van der Waals surface area contributed by atoms with Crippen LogP contribution in [0, 0.1) is 5.41 Å². The minimum Gasteiger partial charge on any atom is -0.506 e. The van der Waals surface area contributed by atoms with Crippen molar-refractivity contribution in [2.75, 3.05) is 0 Å². The second-order valence-corrected chi connectivity index (χ2v) is 9.05. The van der Waals surface area contributed by atoms with Crippen molar-refractivity contribution in [1.82, 2.24) is 4.98 Å².